The Bertz CT molecular complexity index is 1320. The first-order valence-electron chi connectivity index (χ1n) is 11.9. The molecule has 2 aromatic carbocycles. The highest BCUT2D eigenvalue weighted by Crippen LogP contribution is 2.25. The summed E-state index contributed by atoms with van der Waals surface area (Å²) in [5.41, 5.74) is 8.00. The number of nitrogens with one attached hydrogen (secondary N) is 1. The summed E-state index contributed by atoms with van der Waals surface area (Å²) in [6.07, 6.45) is 0.795. The quantitative estimate of drug-likeness (QED) is 0.358. The number of amides is 2. The van der Waals surface area contributed by atoms with Gasteiger partial charge in [-0.3, -0.25) is 4.79 Å². The molecule has 1 aromatic heterocycles. The van der Waals surface area contributed by atoms with E-state index < -0.39 is 42.4 Å². The molecular weight excluding hydrogens is 505 g/mol. The average Bonchev–Trinajstić information content (AvgIpc) is 2.92. The summed E-state index contributed by atoms with van der Waals surface area (Å²) in [4.78, 5) is 43.1. The van der Waals surface area contributed by atoms with E-state index in [9.17, 15) is 18.8 Å². The molecule has 1 unspecified atom stereocenters. The summed E-state index contributed by atoms with van der Waals surface area (Å²) < 4.78 is 23.4. The number of carbonyl (C=O) groups excluding carboxylic acids is 3. The van der Waals surface area contributed by atoms with Gasteiger partial charge in [0, 0.05) is 26.7 Å². The summed E-state index contributed by atoms with van der Waals surface area (Å²) in [7, 11) is 3.69. The minimum Gasteiger partial charge on any atom is -0.449 e. The maximum atomic E-state index is 13.3. The van der Waals surface area contributed by atoms with Crippen molar-refractivity contribution in [2.75, 3.05) is 25.6 Å². The summed E-state index contributed by atoms with van der Waals surface area (Å²) in [6.45, 7) is -0.580. The smallest absolute Gasteiger partial charge is 0.408 e. The van der Waals surface area contributed by atoms with Crippen LogP contribution in [0.25, 0.3) is 0 Å². The van der Waals surface area contributed by atoms with Crippen molar-refractivity contribution in [1.82, 2.24) is 10.3 Å². The van der Waals surface area contributed by atoms with E-state index in [1.807, 2.05) is 19.0 Å². The monoisotopic (exact) mass is 533 g/mol. The Morgan fingerprint density at radius 3 is 2.15 bits per heavy atom. The van der Waals surface area contributed by atoms with E-state index in [2.05, 4.69) is 10.3 Å². The van der Waals surface area contributed by atoms with Crippen LogP contribution in [0.3, 0.4) is 0 Å². The van der Waals surface area contributed by atoms with Gasteiger partial charge in [0.25, 0.3) is 0 Å². The highest BCUT2D eigenvalue weighted by Gasteiger charge is 2.24. The predicted octanol–water partition coefficient (Wildman–Crippen LogP) is 2.81. The van der Waals surface area contributed by atoms with Gasteiger partial charge in [0.15, 0.2) is 6.61 Å². The third-order valence-electron chi connectivity index (χ3n) is 5.73. The number of hydrogen-bond donors (Lipinski definition) is 2. The maximum Gasteiger partial charge on any atom is 0.408 e. The van der Waals surface area contributed by atoms with E-state index in [1.54, 1.807) is 48.7 Å². The highest BCUT2D eigenvalue weighted by atomic mass is 19.1. The molecule has 0 aliphatic rings. The van der Waals surface area contributed by atoms with Crippen LogP contribution in [0.5, 0.6) is 0 Å². The molecule has 0 aliphatic carbocycles. The number of pyridine rings is 1. The summed E-state index contributed by atoms with van der Waals surface area (Å²) in [5, 5.41) is 11.2. The molecule has 0 radical (unpaired) electrons. The molecule has 0 spiro atoms. The minimum atomic E-state index is -1.10. The summed E-state index contributed by atoms with van der Waals surface area (Å²) in [5.74, 6) is -1.85. The fourth-order valence-corrected chi connectivity index (χ4v) is 3.75. The second kappa shape index (κ2) is 13.5. The first kappa shape index (κ1) is 28.6. The van der Waals surface area contributed by atoms with Gasteiger partial charge in [-0.1, -0.05) is 42.5 Å². The Kier molecular flexibility index (Phi) is 9.92. The number of esters is 1. The van der Waals surface area contributed by atoms with E-state index in [-0.39, 0.29) is 13.0 Å². The van der Waals surface area contributed by atoms with Gasteiger partial charge in [-0.05, 0) is 40.5 Å². The molecule has 2 atom stereocenters. The molecule has 3 aromatic rings. The van der Waals surface area contributed by atoms with Crippen LogP contribution in [0, 0.1) is 17.1 Å². The molecule has 10 nitrogen and oxygen atoms in total. The van der Waals surface area contributed by atoms with Crippen molar-refractivity contribution in [2.45, 2.75) is 25.0 Å². The number of ether oxygens (including phenoxy) is 2. The standard InChI is InChI=1S/C28H28FN5O5/c1-34(2)24-12-5-19(16-32-24)15-23(27(36)38-14-13-30)33-28(37)39-17-18-3-6-20(7-4-18)25(26(31)35)21-8-10-22(29)11-9-21/h3-12,16,23,25H,14-15,17H2,1-2H3,(H2,31,35)(H,33,37)/t23-,25?/m0/s1. The van der Waals surface area contributed by atoms with Gasteiger partial charge in [0.05, 0.1) is 5.92 Å². The molecule has 1 heterocycles. The number of primary amides is 1. The summed E-state index contributed by atoms with van der Waals surface area (Å²) >= 11 is 0. The van der Waals surface area contributed by atoms with E-state index in [4.69, 9.17) is 20.5 Å². The van der Waals surface area contributed by atoms with Crippen LogP contribution in [0.15, 0.2) is 66.9 Å². The number of nitrogens with two attached hydrogens (primary N) is 1. The number of halogens is 1. The lowest BCUT2D eigenvalue weighted by Gasteiger charge is -2.18. The number of nitrogens with zero attached hydrogens (tertiary/aromatic N) is 3. The number of hydrogen-bond acceptors (Lipinski definition) is 8. The Hall–Kier alpha value is -4.98. The summed E-state index contributed by atoms with van der Waals surface area (Å²) in [6, 6.07) is 16.3. The van der Waals surface area contributed by atoms with Crippen molar-refractivity contribution in [3.63, 3.8) is 0 Å². The molecule has 11 heteroatoms. The van der Waals surface area contributed by atoms with Crippen LogP contribution < -0.4 is 16.0 Å². The van der Waals surface area contributed by atoms with Crippen molar-refractivity contribution in [2.24, 2.45) is 5.73 Å². The van der Waals surface area contributed by atoms with E-state index >= 15 is 0 Å². The molecular formula is C28H28FN5O5. The average molecular weight is 534 g/mol. The van der Waals surface area contributed by atoms with Gasteiger partial charge in [-0.15, -0.1) is 0 Å². The van der Waals surface area contributed by atoms with E-state index in [0.29, 0.717) is 22.3 Å². The van der Waals surface area contributed by atoms with Gasteiger partial charge in [-0.25, -0.2) is 19.0 Å². The lowest BCUT2D eigenvalue weighted by molar-refractivity contribution is -0.144. The fraction of sp³-hybridized carbons (Fsp3) is 0.250. The normalized spacial score (nSPS) is 11.9. The van der Waals surface area contributed by atoms with E-state index in [1.165, 1.54) is 24.3 Å². The molecule has 0 bridgehead atoms. The number of carbonyl (C=O) groups is 3. The predicted molar refractivity (Wildman–Crippen MR) is 140 cm³/mol. The van der Waals surface area contributed by atoms with Crippen molar-refractivity contribution >= 4 is 23.8 Å². The lowest BCUT2D eigenvalue weighted by Crippen LogP contribution is -2.43. The molecule has 39 heavy (non-hydrogen) atoms. The molecule has 0 aliphatic heterocycles. The first-order valence-corrected chi connectivity index (χ1v) is 11.9. The fourth-order valence-electron chi connectivity index (χ4n) is 3.75. The molecule has 0 saturated carbocycles. The Balaban J connectivity index is 1.63. The van der Waals surface area contributed by atoms with Crippen LogP contribution in [-0.2, 0) is 32.1 Å². The Labute approximate surface area is 225 Å². The molecule has 2 amide bonds. The van der Waals surface area contributed by atoms with E-state index in [0.717, 1.165) is 5.82 Å². The third kappa shape index (κ3) is 8.26. The van der Waals surface area contributed by atoms with Crippen LogP contribution >= 0.6 is 0 Å². The van der Waals surface area contributed by atoms with Crippen molar-refractivity contribution in [3.05, 3.63) is 94.9 Å². The van der Waals surface area contributed by atoms with Crippen LogP contribution in [0.4, 0.5) is 15.0 Å². The third-order valence-corrected chi connectivity index (χ3v) is 5.73. The minimum absolute atomic E-state index is 0.0761. The molecule has 0 fully saturated rings. The SMILES string of the molecule is CN(C)c1ccc(C[C@H](NC(=O)OCc2ccc(C(C(N)=O)c3ccc(F)cc3)cc2)C(=O)OCC#N)cn1. The maximum absolute atomic E-state index is 13.3. The first-order chi connectivity index (χ1) is 18.7. The van der Waals surface area contributed by atoms with Gasteiger partial charge in [0.1, 0.15) is 30.4 Å². The van der Waals surface area contributed by atoms with Crippen LogP contribution in [-0.4, -0.2) is 49.7 Å². The van der Waals surface area contributed by atoms with Gasteiger partial charge in [0.2, 0.25) is 5.91 Å². The number of nitriles is 1. The van der Waals surface area contributed by atoms with Gasteiger partial charge in [-0.2, -0.15) is 5.26 Å². The Morgan fingerprint density at radius 2 is 1.62 bits per heavy atom. The highest BCUT2D eigenvalue weighted by molar-refractivity contribution is 5.85. The Morgan fingerprint density at radius 1 is 1.00 bits per heavy atom. The number of benzene rings is 2. The number of rotatable bonds is 11. The van der Waals surface area contributed by atoms with Crippen LogP contribution in [0.2, 0.25) is 0 Å². The van der Waals surface area contributed by atoms with Crippen LogP contribution in [0.1, 0.15) is 28.2 Å². The zero-order valence-electron chi connectivity index (χ0n) is 21.5. The molecule has 3 rings (SSSR count). The molecule has 202 valence electrons. The van der Waals surface area contributed by atoms with Crippen molar-refractivity contribution < 1.29 is 28.2 Å². The largest absolute Gasteiger partial charge is 0.449 e. The topological polar surface area (TPSA) is 148 Å². The zero-order valence-corrected chi connectivity index (χ0v) is 21.5. The van der Waals surface area contributed by atoms with Crippen molar-refractivity contribution in [3.8, 4) is 6.07 Å². The number of aromatic nitrogens is 1. The number of anilines is 1. The zero-order chi connectivity index (χ0) is 28.4. The van der Waals surface area contributed by atoms with Gasteiger partial charge < -0.3 is 25.4 Å². The lowest BCUT2D eigenvalue weighted by atomic mass is 9.90. The second-order valence-electron chi connectivity index (χ2n) is 8.79. The number of alkyl carbamates (subject to hydrolysis) is 1. The molecule has 3 N–H and O–H groups in total. The van der Waals surface area contributed by atoms with Gasteiger partial charge >= 0.3 is 12.1 Å². The van der Waals surface area contributed by atoms with Crippen molar-refractivity contribution in [1.29, 1.82) is 5.26 Å². The second-order valence-corrected chi connectivity index (χ2v) is 8.79. The molecule has 0 saturated heterocycles.